The molecule has 1 heterocycles. The molecule has 0 aliphatic carbocycles. The predicted molar refractivity (Wildman–Crippen MR) is 84.3 cm³/mol. The second-order valence-corrected chi connectivity index (χ2v) is 5.22. The van der Waals surface area contributed by atoms with Crippen LogP contribution in [-0.4, -0.2) is 17.4 Å². The van der Waals surface area contributed by atoms with Crippen LogP contribution in [0.5, 0.6) is 5.75 Å². The zero-order valence-electron chi connectivity index (χ0n) is 11.5. The fourth-order valence-electron chi connectivity index (χ4n) is 2.41. The maximum atomic E-state index is 12.4. The van der Waals surface area contributed by atoms with Crippen LogP contribution in [0.25, 0.3) is 10.9 Å². The van der Waals surface area contributed by atoms with Crippen molar-refractivity contribution in [3.63, 3.8) is 0 Å². The first kappa shape index (κ1) is 13.7. The number of hydrogen-bond donors (Lipinski definition) is 1. The third kappa shape index (κ3) is 2.65. The Hall–Kier alpha value is -2.26. The summed E-state index contributed by atoms with van der Waals surface area (Å²) >= 11 is 6.02. The number of aryl methyl sites for hydroxylation is 1. The fourth-order valence-corrected chi connectivity index (χ4v) is 2.60. The maximum absolute atomic E-state index is 12.4. The molecule has 0 radical (unpaired) electrons. The molecule has 0 aliphatic heterocycles. The van der Waals surface area contributed by atoms with Crippen molar-refractivity contribution in [2.24, 2.45) is 0 Å². The number of ketones is 1. The number of carbonyl (C=O) groups excluding carboxylic acids is 1. The van der Waals surface area contributed by atoms with Crippen LogP contribution in [0.4, 0.5) is 0 Å². The molecule has 0 spiro atoms. The Morgan fingerprint density at radius 1 is 1.14 bits per heavy atom. The number of ether oxygens (including phenoxy) is 1. The van der Waals surface area contributed by atoms with Crippen molar-refractivity contribution in [1.82, 2.24) is 4.98 Å². The maximum Gasteiger partial charge on any atom is 0.202 e. The summed E-state index contributed by atoms with van der Waals surface area (Å²) in [5.74, 6) is 0.454. The lowest BCUT2D eigenvalue weighted by atomic mass is 10.1. The summed E-state index contributed by atoms with van der Waals surface area (Å²) in [5, 5.41) is 1.42. The summed E-state index contributed by atoms with van der Waals surface area (Å²) in [6, 6.07) is 14.9. The van der Waals surface area contributed by atoms with Gasteiger partial charge < -0.3 is 9.72 Å². The summed E-state index contributed by atoms with van der Waals surface area (Å²) in [7, 11) is 0. The second kappa shape index (κ2) is 5.62. The SMILES string of the molecule is Cc1[nH]c2ccccc2c1C(=O)COc1ccccc1Cl. The first-order chi connectivity index (χ1) is 10.2. The molecule has 0 aliphatic rings. The zero-order chi connectivity index (χ0) is 14.8. The number of nitrogens with one attached hydrogen (secondary N) is 1. The monoisotopic (exact) mass is 299 g/mol. The van der Waals surface area contributed by atoms with Gasteiger partial charge in [-0.1, -0.05) is 41.9 Å². The Kier molecular flexibility index (Phi) is 3.67. The number of aromatic amines is 1. The number of Topliss-reactive ketones (excluding diaryl/α,β-unsaturated/α-hetero) is 1. The Morgan fingerprint density at radius 2 is 1.86 bits per heavy atom. The van der Waals surface area contributed by atoms with Crippen LogP contribution >= 0.6 is 11.6 Å². The van der Waals surface area contributed by atoms with Crippen LogP contribution in [0, 0.1) is 6.92 Å². The molecule has 0 atom stereocenters. The molecule has 1 aromatic heterocycles. The largest absolute Gasteiger partial charge is 0.484 e. The molecular weight excluding hydrogens is 286 g/mol. The van der Waals surface area contributed by atoms with Gasteiger partial charge in [0, 0.05) is 22.2 Å². The molecule has 1 N–H and O–H groups in total. The summed E-state index contributed by atoms with van der Waals surface area (Å²) in [4.78, 5) is 15.7. The average molecular weight is 300 g/mol. The van der Waals surface area contributed by atoms with Crippen LogP contribution in [0.1, 0.15) is 16.1 Å². The quantitative estimate of drug-likeness (QED) is 0.726. The zero-order valence-corrected chi connectivity index (χ0v) is 12.3. The van der Waals surface area contributed by atoms with E-state index in [2.05, 4.69) is 4.98 Å². The molecule has 0 amide bonds. The van der Waals surface area contributed by atoms with Crippen molar-refractivity contribution in [3.05, 3.63) is 64.8 Å². The minimum atomic E-state index is -0.0649. The normalized spacial score (nSPS) is 10.8. The lowest BCUT2D eigenvalue weighted by molar-refractivity contribution is 0.0922. The van der Waals surface area contributed by atoms with Gasteiger partial charge in [0.15, 0.2) is 6.61 Å². The number of carbonyl (C=O) groups is 1. The van der Waals surface area contributed by atoms with Crippen molar-refractivity contribution >= 4 is 28.3 Å². The van der Waals surface area contributed by atoms with E-state index in [-0.39, 0.29) is 12.4 Å². The molecular formula is C17H14ClNO2. The van der Waals surface area contributed by atoms with Gasteiger partial charge in [-0.3, -0.25) is 4.79 Å². The molecule has 21 heavy (non-hydrogen) atoms. The number of fused-ring (bicyclic) bond motifs is 1. The molecule has 0 saturated heterocycles. The van der Waals surface area contributed by atoms with E-state index in [0.717, 1.165) is 16.6 Å². The molecule has 0 bridgehead atoms. The summed E-state index contributed by atoms with van der Waals surface area (Å²) < 4.78 is 5.53. The summed E-state index contributed by atoms with van der Waals surface area (Å²) in [6.07, 6.45) is 0. The lowest BCUT2D eigenvalue weighted by Crippen LogP contribution is -2.12. The van der Waals surface area contributed by atoms with Crippen LogP contribution in [0.3, 0.4) is 0 Å². The van der Waals surface area contributed by atoms with Crippen molar-refractivity contribution < 1.29 is 9.53 Å². The third-order valence-electron chi connectivity index (χ3n) is 3.37. The first-order valence-electron chi connectivity index (χ1n) is 6.64. The van der Waals surface area contributed by atoms with E-state index in [1.165, 1.54) is 0 Å². The number of rotatable bonds is 4. The number of hydrogen-bond acceptors (Lipinski definition) is 2. The van der Waals surface area contributed by atoms with Crippen LogP contribution < -0.4 is 4.74 Å². The molecule has 0 unspecified atom stereocenters. The van der Waals surface area contributed by atoms with Crippen molar-refractivity contribution in [2.45, 2.75) is 6.92 Å². The van der Waals surface area contributed by atoms with E-state index < -0.39 is 0 Å². The van der Waals surface area contributed by atoms with E-state index >= 15 is 0 Å². The van der Waals surface area contributed by atoms with Gasteiger partial charge in [-0.2, -0.15) is 0 Å². The van der Waals surface area contributed by atoms with Gasteiger partial charge in [-0.15, -0.1) is 0 Å². The van der Waals surface area contributed by atoms with Crippen molar-refractivity contribution in [2.75, 3.05) is 6.61 Å². The Morgan fingerprint density at radius 3 is 2.67 bits per heavy atom. The highest BCUT2D eigenvalue weighted by Gasteiger charge is 2.16. The minimum Gasteiger partial charge on any atom is -0.484 e. The van der Waals surface area contributed by atoms with Gasteiger partial charge in [0.1, 0.15) is 5.75 Å². The standard InChI is InChI=1S/C17H14ClNO2/c1-11-17(12-6-2-4-8-14(12)19-11)15(20)10-21-16-9-5-3-7-13(16)18/h2-9,19H,10H2,1H3. The van der Waals surface area contributed by atoms with Crippen LogP contribution in [-0.2, 0) is 0 Å². The molecule has 3 aromatic rings. The molecule has 4 heteroatoms. The topological polar surface area (TPSA) is 42.1 Å². The van der Waals surface area contributed by atoms with Gasteiger partial charge >= 0.3 is 0 Å². The van der Waals surface area contributed by atoms with Gasteiger partial charge in [-0.25, -0.2) is 0 Å². The third-order valence-corrected chi connectivity index (χ3v) is 3.68. The number of halogens is 1. The van der Waals surface area contributed by atoms with Crippen molar-refractivity contribution in [3.8, 4) is 5.75 Å². The van der Waals surface area contributed by atoms with E-state index in [4.69, 9.17) is 16.3 Å². The van der Waals surface area contributed by atoms with Crippen LogP contribution in [0.2, 0.25) is 5.02 Å². The van der Waals surface area contributed by atoms with E-state index in [0.29, 0.717) is 16.3 Å². The highest BCUT2D eigenvalue weighted by molar-refractivity contribution is 6.32. The van der Waals surface area contributed by atoms with E-state index in [1.807, 2.05) is 43.3 Å². The molecule has 0 saturated carbocycles. The molecule has 2 aromatic carbocycles. The first-order valence-corrected chi connectivity index (χ1v) is 7.02. The minimum absolute atomic E-state index is 0.0353. The highest BCUT2D eigenvalue weighted by Crippen LogP contribution is 2.25. The van der Waals surface area contributed by atoms with Gasteiger partial charge in [-0.05, 0) is 25.1 Å². The number of H-pyrrole nitrogens is 1. The number of para-hydroxylation sites is 2. The van der Waals surface area contributed by atoms with Gasteiger partial charge in [0.2, 0.25) is 5.78 Å². The average Bonchev–Trinajstić information content (AvgIpc) is 2.82. The smallest absolute Gasteiger partial charge is 0.202 e. The van der Waals surface area contributed by atoms with E-state index in [9.17, 15) is 4.79 Å². The molecule has 3 rings (SSSR count). The predicted octanol–water partition coefficient (Wildman–Crippen LogP) is 4.39. The Labute approximate surface area is 127 Å². The number of benzene rings is 2. The van der Waals surface area contributed by atoms with Gasteiger partial charge in [0.25, 0.3) is 0 Å². The Balaban J connectivity index is 1.85. The fraction of sp³-hybridized carbons (Fsp3) is 0.118. The molecule has 0 fully saturated rings. The van der Waals surface area contributed by atoms with Gasteiger partial charge in [0.05, 0.1) is 5.02 Å². The highest BCUT2D eigenvalue weighted by atomic mass is 35.5. The van der Waals surface area contributed by atoms with Crippen LogP contribution in [0.15, 0.2) is 48.5 Å². The number of aromatic nitrogens is 1. The summed E-state index contributed by atoms with van der Waals surface area (Å²) in [6.45, 7) is 1.86. The summed E-state index contributed by atoms with van der Waals surface area (Å²) in [5.41, 5.74) is 2.48. The van der Waals surface area contributed by atoms with E-state index in [1.54, 1.807) is 12.1 Å². The molecule has 106 valence electrons. The van der Waals surface area contributed by atoms with Crippen molar-refractivity contribution in [1.29, 1.82) is 0 Å². The Bertz CT molecular complexity index is 807. The second-order valence-electron chi connectivity index (χ2n) is 4.81. The lowest BCUT2D eigenvalue weighted by Gasteiger charge is -2.07. The molecule has 3 nitrogen and oxygen atoms in total.